The summed E-state index contributed by atoms with van der Waals surface area (Å²) in [5.74, 6) is 0.498. The lowest BCUT2D eigenvalue weighted by Gasteiger charge is -2.19. The van der Waals surface area contributed by atoms with E-state index in [9.17, 15) is 13.2 Å². The van der Waals surface area contributed by atoms with E-state index in [1.165, 1.54) is 29.3 Å². The molecule has 1 N–H and O–H groups in total. The number of hydrogen-bond donors (Lipinski definition) is 1. The number of carbonyl (C=O) groups excluding carboxylic acids is 1. The Hall–Kier alpha value is -1.97. The highest BCUT2D eigenvalue weighted by atomic mass is 79.9. The number of rotatable bonds is 7. The number of hydrogen-bond acceptors (Lipinski definition) is 5. The quantitative estimate of drug-likeness (QED) is 0.652. The van der Waals surface area contributed by atoms with E-state index in [1.54, 1.807) is 26.1 Å². The highest BCUT2D eigenvalue weighted by Crippen LogP contribution is 2.25. The van der Waals surface area contributed by atoms with Crippen LogP contribution in [0, 0.1) is 0 Å². The Morgan fingerprint density at radius 1 is 1.17 bits per heavy atom. The van der Waals surface area contributed by atoms with Gasteiger partial charge in [-0.05, 0) is 59.1 Å². The molecule has 0 radical (unpaired) electrons. The number of benzene rings is 1. The monoisotopic (exact) mass is 480 g/mol. The fourth-order valence-corrected chi connectivity index (χ4v) is 5.25. The van der Waals surface area contributed by atoms with Gasteiger partial charge in [-0.2, -0.15) is 4.31 Å². The maximum atomic E-state index is 12.8. The average molecular weight is 481 g/mol. The molecule has 0 unspecified atom stereocenters. The van der Waals surface area contributed by atoms with E-state index in [1.807, 2.05) is 12.1 Å². The lowest BCUT2D eigenvalue weighted by atomic mass is 10.2. The van der Waals surface area contributed by atoms with Gasteiger partial charge in [0.15, 0.2) is 0 Å². The molecule has 1 aliphatic heterocycles. The van der Waals surface area contributed by atoms with E-state index in [0.29, 0.717) is 23.2 Å². The molecule has 0 aliphatic carbocycles. The molecule has 0 saturated carbocycles. The Morgan fingerprint density at radius 2 is 1.86 bits per heavy atom. The van der Waals surface area contributed by atoms with Gasteiger partial charge < -0.3 is 10.2 Å². The average Bonchev–Trinajstić information content (AvgIpc) is 3.24. The second-order valence-corrected chi connectivity index (χ2v) is 9.58. The third kappa shape index (κ3) is 4.79. The number of pyridine rings is 1. The predicted octanol–water partition coefficient (Wildman–Crippen LogP) is 3.73. The predicted molar refractivity (Wildman–Crippen MR) is 118 cm³/mol. The molecule has 1 aromatic carbocycles. The first-order valence-electron chi connectivity index (χ1n) is 9.69. The van der Waals surface area contributed by atoms with Gasteiger partial charge in [0.1, 0.15) is 5.82 Å². The van der Waals surface area contributed by atoms with E-state index in [2.05, 4.69) is 31.1 Å². The number of halogens is 1. The molecule has 2 aromatic rings. The van der Waals surface area contributed by atoms with Gasteiger partial charge in [0.2, 0.25) is 10.0 Å². The minimum Gasteiger partial charge on any atom is -0.357 e. The van der Waals surface area contributed by atoms with Crippen LogP contribution < -0.4 is 10.2 Å². The van der Waals surface area contributed by atoms with Crippen molar-refractivity contribution in [3.8, 4) is 0 Å². The van der Waals surface area contributed by atoms with E-state index >= 15 is 0 Å². The summed E-state index contributed by atoms with van der Waals surface area (Å²) in [5.41, 5.74) is 0.809. The maximum absolute atomic E-state index is 12.8. The molecule has 9 heteroatoms. The molecule has 1 fully saturated rings. The molecule has 7 nitrogen and oxygen atoms in total. The van der Waals surface area contributed by atoms with Gasteiger partial charge in [-0.15, -0.1) is 0 Å². The second kappa shape index (κ2) is 9.23. The molecule has 0 atom stereocenters. The largest absolute Gasteiger partial charge is 0.357 e. The molecular weight excluding hydrogens is 456 g/mol. The zero-order chi connectivity index (χ0) is 21.0. The van der Waals surface area contributed by atoms with Crippen molar-refractivity contribution >= 4 is 43.4 Å². The van der Waals surface area contributed by atoms with Gasteiger partial charge in [0.25, 0.3) is 5.91 Å². The fraction of sp³-hybridized carbons (Fsp3) is 0.400. The molecular formula is C20H25BrN4O3S. The molecule has 156 valence electrons. The molecule has 29 heavy (non-hydrogen) atoms. The highest BCUT2D eigenvalue weighted by molar-refractivity contribution is 9.10. The second-order valence-electron chi connectivity index (χ2n) is 6.78. The Bertz CT molecular complexity index is 970. The normalized spacial score (nSPS) is 14.4. The van der Waals surface area contributed by atoms with Gasteiger partial charge in [0, 0.05) is 30.7 Å². The molecule has 1 aliphatic rings. The van der Waals surface area contributed by atoms with E-state index < -0.39 is 15.9 Å². The minimum absolute atomic E-state index is 0.0945. The number of amides is 1. The topological polar surface area (TPSA) is 82.6 Å². The van der Waals surface area contributed by atoms with Crippen molar-refractivity contribution in [2.24, 2.45) is 0 Å². The standard InChI is InChI=1S/C20H25BrN4O3S/c1-3-25(4-2)29(27,28)16-8-9-18(21)17(13-16)20(26)23-15-7-10-19(22-14-15)24-11-5-6-12-24/h7-10,13-14H,3-6,11-12H2,1-2H3,(H,23,26). The Kier molecular flexibility index (Phi) is 6.92. The van der Waals surface area contributed by atoms with Crippen LogP contribution in [0.25, 0.3) is 0 Å². The van der Waals surface area contributed by atoms with Crippen LogP contribution in [0.3, 0.4) is 0 Å². The van der Waals surface area contributed by atoms with Crippen molar-refractivity contribution in [2.75, 3.05) is 36.4 Å². The summed E-state index contributed by atoms with van der Waals surface area (Å²) in [6.45, 7) is 6.30. The highest BCUT2D eigenvalue weighted by Gasteiger charge is 2.24. The summed E-state index contributed by atoms with van der Waals surface area (Å²) < 4.78 is 27.4. The first kappa shape index (κ1) is 21.7. The summed E-state index contributed by atoms with van der Waals surface area (Å²) in [5, 5.41) is 2.79. The summed E-state index contributed by atoms with van der Waals surface area (Å²) in [4.78, 5) is 19.5. The molecule has 2 heterocycles. The maximum Gasteiger partial charge on any atom is 0.256 e. The SMILES string of the molecule is CCN(CC)S(=O)(=O)c1ccc(Br)c(C(=O)Nc2ccc(N3CCCC3)nc2)c1. The van der Waals surface area contributed by atoms with Crippen molar-refractivity contribution in [3.63, 3.8) is 0 Å². The van der Waals surface area contributed by atoms with Crippen LogP contribution in [0.1, 0.15) is 37.0 Å². The Labute approximate surface area is 180 Å². The van der Waals surface area contributed by atoms with Crippen LogP contribution in [0.15, 0.2) is 45.9 Å². The van der Waals surface area contributed by atoms with Crippen LogP contribution in [-0.4, -0.2) is 49.8 Å². The van der Waals surface area contributed by atoms with Crippen LogP contribution >= 0.6 is 15.9 Å². The zero-order valence-electron chi connectivity index (χ0n) is 16.6. The van der Waals surface area contributed by atoms with Gasteiger partial charge in [-0.25, -0.2) is 13.4 Å². The lowest BCUT2D eigenvalue weighted by molar-refractivity contribution is 0.102. The minimum atomic E-state index is -3.65. The van der Waals surface area contributed by atoms with Crippen molar-refractivity contribution < 1.29 is 13.2 Å². The van der Waals surface area contributed by atoms with E-state index in [0.717, 1.165) is 18.9 Å². The summed E-state index contributed by atoms with van der Waals surface area (Å²) in [6, 6.07) is 8.18. The van der Waals surface area contributed by atoms with E-state index in [4.69, 9.17) is 0 Å². The summed E-state index contributed by atoms with van der Waals surface area (Å²) >= 11 is 3.35. The van der Waals surface area contributed by atoms with Crippen LogP contribution in [0.4, 0.5) is 11.5 Å². The van der Waals surface area contributed by atoms with Gasteiger partial charge in [-0.1, -0.05) is 13.8 Å². The molecule has 3 rings (SSSR count). The van der Waals surface area contributed by atoms with Crippen LogP contribution in [0.2, 0.25) is 0 Å². The first-order chi connectivity index (χ1) is 13.9. The van der Waals surface area contributed by atoms with Gasteiger partial charge >= 0.3 is 0 Å². The number of sulfonamides is 1. The third-order valence-corrected chi connectivity index (χ3v) is 7.70. The van der Waals surface area contributed by atoms with Crippen molar-refractivity contribution in [1.82, 2.24) is 9.29 Å². The van der Waals surface area contributed by atoms with Crippen LogP contribution in [-0.2, 0) is 10.0 Å². The van der Waals surface area contributed by atoms with Crippen molar-refractivity contribution in [3.05, 3.63) is 46.6 Å². The van der Waals surface area contributed by atoms with Gasteiger partial charge in [0.05, 0.1) is 22.3 Å². The summed E-state index contributed by atoms with van der Waals surface area (Å²) in [7, 11) is -3.65. The van der Waals surface area contributed by atoms with Crippen molar-refractivity contribution in [2.45, 2.75) is 31.6 Å². The lowest BCUT2D eigenvalue weighted by Crippen LogP contribution is -2.30. The molecule has 1 amide bonds. The first-order valence-corrected chi connectivity index (χ1v) is 11.9. The number of anilines is 2. The number of nitrogens with one attached hydrogen (secondary N) is 1. The molecule has 0 spiro atoms. The van der Waals surface area contributed by atoms with Crippen LogP contribution in [0.5, 0.6) is 0 Å². The fourth-order valence-electron chi connectivity index (χ4n) is 3.34. The summed E-state index contributed by atoms with van der Waals surface area (Å²) in [6.07, 6.45) is 3.96. The van der Waals surface area contributed by atoms with E-state index in [-0.39, 0.29) is 10.5 Å². The molecule has 1 saturated heterocycles. The Balaban J connectivity index is 1.80. The zero-order valence-corrected chi connectivity index (χ0v) is 19.0. The van der Waals surface area contributed by atoms with Gasteiger partial charge in [-0.3, -0.25) is 4.79 Å². The Morgan fingerprint density at radius 3 is 2.45 bits per heavy atom. The number of carbonyl (C=O) groups is 1. The van der Waals surface area contributed by atoms with Crippen molar-refractivity contribution in [1.29, 1.82) is 0 Å². The number of nitrogens with zero attached hydrogens (tertiary/aromatic N) is 3. The third-order valence-electron chi connectivity index (χ3n) is 4.96. The molecule has 0 bridgehead atoms. The smallest absolute Gasteiger partial charge is 0.256 e. The molecule has 1 aromatic heterocycles. The number of aromatic nitrogens is 1.